The summed E-state index contributed by atoms with van der Waals surface area (Å²) in [6.07, 6.45) is 6.68. The maximum atomic E-state index is 3.72. The first-order valence-corrected chi connectivity index (χ1v) is 8.06. The molecule has 3 rings (SSSR count). The van der Waals surface area contributed by atoms with E-state index in [1.807, 2.05) is 0 Å². The van der Waals surface area contributed by atoms with Gasteiger partial charge in [-0.2, -0.15) is 0 Å². The Morgan fingerprint density at radius 3 is 2.72 bits per heavy atom. The third-order valence-corrected chi connectivity index (χ3v) is 5.42. The number of fused-ring (bicyclic) bond motifs is 1. The van der Waals surface area contributed by atoms with Crippen LogP contribution >= 0.6 is 15.9 Å². The Balaban J connectivity index is 1.85. The standard InChI is InChI=1S/C16H22BrN/c1-12-8-10-18(11-9-12)16-7-3-4-13-14(16)5-2-6-15(13)17/h2,5-6,12,16H,3-4,7-11H2,1H3. The average Bonchev–Trinajstić information content (AvgIpc) is 2.40. The number of hydrogen-bond acceptors (Lipinski definition) is 1. The maximum Gasteiger partial charge on any atom is 0.0351 e. The molecule has 0 saturated carbocycles. The molecule has 1 nitrogen and oxygen atoms in total. The van der Waals surface area contributed by atoms with Gasteiger partial charge in [0.2, 0.25) is 0 Å². The van der Waals surface area contributed by atoms with Crippen LogP contribution in [0.25, 0.3) is 0 Å². The van der Waals surface area contributed by atoms with E-state index in [0.717, 1.165) is 5.92 Å². The molecule has 1 aromatic carbocycles. The average molecular weight is 308 g/mol. The normalized spacial score (nSPS) is 26.0. The van der Waals surface area contributed by atoms with Gasteiger partial charge in [-0.1, -0.05) is 35.0 Å². The minimum Gasteiger partial charge on any atom is -0.296 e. The van der Waals surface area contributed by atoms with Crippen LogP contribution in [0.4, 0.5) is 0 Å². The molecule has 1 unspecified atom stereocenters. The Labute approximate surface area is 119 Å². The van der Waals surface area contributed by atoms with Crippen molar-refractivity contribution in [2.24, 2.45) is 5.92 Å². The van der Waals surface area contributed by atoms with Crippen molar-refractivity contribution in [3.05, 3.63) is 33.8 Å². The summed E-state index contributed by atoms with van der Waals surface area (Å²) in [6.45, 7) is 4.97. The molecular weight excluding hydrogens is 286 g/mol. The first kappa shape index (κ1) is 12.7. The van der Waals surface area contributed by atoms with E-state index in [1.165, 1.54) is 49.7 Å². The fourth-order valence-electron chi connectivity index (χ4n) is 3.50. The zero-order chi connectivity index (χ0) is 12.5. The molecule has 0 radical (unpaired) electrons. The summed E-state index contributed by atoms with van der Waals surface area (Å²) in [6, 6.07) is 7.42. The second-order valence-electron chi connectivity index (χ2n) is 5.93. The van der Waals surface area contributed by atoms with Gasteiger partial charge in [0, 0.05) is 10.5 Å². The third kappa shape index (κ3) is 2.37. The molecule has 0 bridgehead atoms. The minimum absolute atomic E-state index is 0.679. The Hall–Kier alpha value is -0.340. The first-order valence-electron chi connectivity index (χ1n) is 7.27. The fraction of sp³-hybridized carbons (Fsp3) is 0.625. The zero-order valence-corrected chi connectivity index (χ0v) is 12.7. The van der Waals surface area contributed by atoms with Crippen molar-refractivity contribution in [2.75, 3.05) is 13.1 Å². The van der Waals surface area contributed by atoms with Crippen LogP contribution in [0.5, 0.6) is 0 Å². The second kappa shape index (κ2) is 5.34. The molecular formula is C16H22BrN. The molecule has 0 aromatic heterocycles. The zero-order valence-electron chi connectivity index (χ0n) is 11.2. The lowest BCUT2D eigenvalue weighted by Gasteiger charge is -2.39. The summed E-state index contributed by atoms with van der Waals surface area (Å²) < 4.78 is 1.31. The number of likely N-dealkylation sites (tertiary alicyclic amines) is 1. The van der Waals surface area contributed by atoms with Crippen molar-refractivity contribution in [1.29, 1.82) is 0 Å². The highest BCUT2D eigenvalue weighted by atomic mass is 79.9. The smallest absolute Gasteiger partial charge is 0.0351 e. The Morgan fingerprint density at radius 2 is 1.94 bits per heavy atom. The Bertz CT molecular complexity index is 421. The number of halogens is 1. The van der Waals surface area contributed by atoms with Crippen LogP contribution in [0, 0.1) is 5.92 Å². The SMILES string of the molecule is CC1CCN(C2CCCc3c(Br)cccc32)CC1. The van der Waals surface area contributed by atoms with Crippen LogP contribution in [-0.2, 0) is 6.42 Å². The predicted octanol–water partition coefficient (Wildman–Crippen LogP) is 4.56. The third-order valence-electron chi connectivity index (χ3n) is 4.68. The molecule has 1 atom stereocenters. The number of piperidine rings is 1. The molecule has 0 spiro atoms. The highest BCUT2D eigenvalue weighted by Crippen LogP contribution is 2.38. The van der Waals surface area contributed by atoms with Crippen molar-refractivity contribution < 1.29 is 0 Å². The van der Waals surface area contributed by atoms with Gasteiger partial charge < -0.3 is 0 Å². The molecule has 1 heterocycles. The van der Waals surface area contributed by atoms with Crippen molar-refractivity contribution in [2.45, 2.75) is 45.1 Å². The maximum absolute atomic E-state index is 3.72. The molecule has 2 heteroatoms. The summed E-state index contributed by atoms with van der Waals surface area (Å²) in [5.41, 5.74) is 3.15. The lowest BCUT2D eigenvalue weighted by atomic mass is 9.85. The highest BCUT2D eigenvalue weighted by molar-refractivity contribution is 9.10. The monoisotopic (exact) mass is 307 g/mol. The topological polar surface area (TPSA) is 3.24 Å². The summed E-state index contributed by atoms with van der Waals surface area (Å²) in [7, 11) is 0. The molecule has 0 N–H and O–H groups in total. The molecule has 1 saturated heterocycles. The lowest BCUT2D eigenvalue weighted by molar-refractivity contribution is 0.125. The Kier molecular flexibility index (Phi) is 3.76. The van der Waals surface area contributed by atoms with Crippen LogP contribution in [0.1, 0.15) is 49.8 Å². The van der Waals surface area contributed by atoms with Crippen LogP contribution < -0.4 is 0 Å². The lowest BCUT2D eigenvalue weighted by Crippen LogP contribution is -2.37. The van der Waals surface area contributed by atoms with Gasteiger partial charge in [0.15, 0.2) is 0 Å². The van der Waals surface area contributed by atoms with Crippen LogP contribution in [0.15, 0.2) is 22.7 Å². The number of rotatable bonds is 1. The van der Waals surface area contributed by atoms with Gasteiger partial charge in [0.05, 0.1) is 0 Å². The van der Waals surface area contributed by atoms with E-state index >= 15 is 0 Å². The molecule has 1 fully saturated rings. The van der Waals surface area contributed by atoms with Crippen molar-refractivity contribution in [3.8, 4) is 0 Å². The molecule has 0 amide bonds. The van der Waals surface area contributed by atoms with E-state index in [1.54, 1.807) is 11.1 Å². The van der Waals surface area contributed by atoms with Gasteiger partial charge in [0.1, 0.15) is 0 Å². The highest BCUT2D eigenvalue weighted by Gasteiger charge is 2.28. The van der Waals surface area contributed by atoms with Gasteiger partial charge >= 0.3 is 0 Å². The molecule has 98 valence electrons. The van der Waals surface area contributed by atoms with Gasteiger partial charge in [-0.3, -0.25) is 4.90 Å². The molecule has 1 aliphatic carbocycles. The van der Waals surface area contributed by atoms with Crippen molar-refractivity contribution in [1.82, 2.24) is 4.90 Å². The number of hydrogen-bond donors (Lipinski definition) is 0. The van der Waals surface area contributed by atoms with E-state index in [-0.39, 0.29) is 0 Å². The van der Waals surface area contributed by atoms with Gasteiger partial charge in [0.25, 0.3) is 0 Å². The molecule has 2 aliphatic rings. The van der Waals surface area contributed by atoms with Crippen molar-refractivity contribution >= 4 is 15.9 Å². The summed E-state index contributed by atoms with van der Waals surface area (Å²) in [5.74, 6) is 0.923. The number of nitrogens with zero attached hydrogens (tertiary/aromatic N) is 1. The van der Waals surface area contributed by atoms with E-state index < -0.39 is 0 Å². The predicted molar refractivity (Wildman–Crippen MR) is 79.8 cm³/mol. The minimum atomic E-state index is 0.679. The van der Waals surface area contributed by atoms with E-state index in [0.29, 0.717) is 6.04 Å². The molecule has 18 heavy (non-hydrogen) atoms. The van der Waals surface area contributed by atoms with Crippen LogP contribution in [-0.4, -0.2) is 18.0 Å². The van der Waals surface area contributed by atoms with Crippen LogP contribution in [0.3, 0.4) is 0 Å². The van der Waals surface area contributed by atoms with E-state index in [2.05, 4.69) is 46.0 Å². The van der Waals surface area contributed by atoms with Crippen molar-refractivity contribution in [3.63, 3.8) is 0 Å². The van der Waals surface area contributed by atoms with Gasteiger partial charge in [-0.05, 0) is 68.3 Å². The van der Waals surface area contributed by atoms with E-state index in [9.17, 15) is 0 Å². The fourth-order valence-corrected chi connectivity index (χ4v) is 4.08. The largest absolute Gasteiger partial charge is 0.296 e. The molecule has 1 aliphatic heterocycles. The first-order chi connectivity index (χ1) is 8.75. The van der Waals surface area contributed by atoms with Gasteiger partial charge in [-0.25, -0.2) is 0 Å². The van der Waals surface area contributed by atoms with Crippen LogP contribution in [0.2, 0.25) is 0 Å². The number of benzene rings is 1. The quantitative estimate of drug-likeness (QED) is 0.735. The summed E-state index contributed by atoms with van der Waals surface area (Å²) >= 11 is 3.72. The molecule has 1 aromatic rings. The summed E-state index contributed by atoms with van der Waals surface area (Å²) in [4.78, 5) is 2.73. The van der Waals surface area contributed by atoms with E-state index in [4.69, 9.17) is 0 Å². The van der Waals surface area contributed by atoms with Gasteiger partial charge in [-0.15, -0.1) is 0 Å². The Morgan fingerprint density at radius 1 is 1.17 bits per heavy atom. The second-order valence-corrected chi connectivity index (χ2v) is 6.79. The summed E-state index contributed by atoms with van der Waals surface area (Å²) in [5, 5.41) is 0.